The van der Waals surface area contributed by atoms with Crippen LogP contribution in [0.2, 0.25) is 10.0 Å². The van der Waals surface area contributed by atoms with E-state index in [4.69, 9.17) is 37.8 Å². The van der Waals surface area contributed by atoms with Crippen molar-refractivity contribution in [2.45, 2.75) is 45.7 Å². The normalized spacial score (nSPS) is 25.7. The molecule has 1 aromatic carbocycles. The predicted octanol–water partition coefficient (Wildman–Crippen LogP) is 3.49. The molecule has 2 aliphatic heterocycles. The van der Waals surface area contributed by atoms with Crippen LogP contribution in [0.5, 0.6) is 0 Å². The summed E-state index contributed by atoms with van der Waals surface area (Å²) in [4.78, 5) is 20.0. The summed E-state index contributed by atoms with van der Waals surface area (Å²) in [7, 11) is 0. The van der Waals surface area contributed by atoms with Gasteiger partial charge in [-0.25, -0.2) is 4.98 Å². The maximum Gasteiger partial charge on any atom is 0.263 e. The first-order chi connectivity index (χ1) is 15.0. The fourth-order valence-electron chi connectivity index (χ4n) is 4.43. The van der Waals surface area contributed by atoms with Crippen LogP contribution in [0.4, 0.5) is 5.82 Å². The van der Waals surface area contributed by atoms with Crippen LogP contribution >= 0.6 is 23.2 Å². The summed E-state index contributed by atoms with van der Waals surface area (Å²) in [5.74, 6) is 0.522. The van der Waals surface area contributed by atoms with Crippen LogP contribution in [0.1, 0.15) is 35.3 Å². The minimum Gasteiger partial charge on any atom is -0.376 e. The number of rotatable bonds is 2. The Hall–Kier alpha value is -1.60. The van der Waals surface area contributed by atoms with Crippen molar-refractivity contribution in [2.75, 3.05) is 24.6 Å². The van der Waals surface area contributed by atoms with Crippen molar-refractivity contribution in [1.82, 2.24) is 9.55 Å². The standard InChI is InChI=1S/C21H26Cl2N4O2/c1-12-19(26-9-7-21(8-10-26)11-29-13(2)18(21)24)25-14(3)27(20(12)28)16-6-4-5-15(22)17(16)23/h4-6,13,18H,7-11,24H2,1-3H3/t13-,18+/m0/s1/i1D3. The van der Waals surface area contributed by atoms with Crippen molar-refractivity contribution < 1.29 is 8.85 Å². The molecule has 156 valence electrons. The van der Waals surface area contributed by atoms with Crippen molar-refractivity contribution in [3.05, 3.63) is 50.0 Å². The molecule has 1 spiro atoms. The Labute approximate surface area is 184 Å². The molecule has 1 aromatic heterocycles. The molecule has 0 bridgehead atoms. The van der Waals surface area contributed by atoms with Gasteiger partial charge in [-0.05, 0) is 45.7 Å². The molecule has 3 heterocycles. The van der Waals surface area contributed by atoms with E-state index >= 15 is 0 Å². The van der Waals surface area contributed by atoms with Crippen LogP contribution in [0.3, 0.4) is 0 Å². The van der Waals surface area contributed by atoms with Crippen molar-refractivity contribution in [1.29, 1.82) is 0 Å². The summed E-state index contributed by atoms with van der Waals surface area (Å²) < 4.78 is 31.2. The monoisotopic (exact) mass is 439 g/mol. The third kappa shape index (κ3) is 3.36. The lowest BCUT2D eigenvalue weighted by Crippen LogP contribution is -2.51. The van der Waals surface area contributed by atoms with E-state index in [0.717, 1.165) is 12.8 Å². The van der Waals surface area contributed by atoms with Crippen LogP contribution in [-0.4, -0.2) is 41.4 Å². The second-order valence-electron chi connectivity index (χ2n) is 7.96. The van der Waals surface area contributed by atoms with E-state index in [9.17, 15) is 4.79 Å². The molecule has 2 aliphatic rings. The molecule has 2 fully saturated rings. The van der Waals surface area contributed by atoms with Gasteiger partial charge in [0.05, 0.1) is 34.0 Å². The van der Waals surface area contributed by atoms with Gasteiger partial charge in [-0.1, -0.05) is 29.3 Å². The first-order valence-corrected chi connectivity index (χ1v) is 10.4. The van der Waals surface area contributed by atoms with Crippen LogP contribution < -0.4 is 16.2 Å². The van der Waals surface area contributed by atoms with Gasteiger partial charge in [-0.3, -0.25) is 9.36 Å². The molecule has 2 atom stereocenters. The van der Waals surface area contributed by atoms with E-state index in [0.29, 0.717) is 31.2 Å². The Morgan fingerprint density at radius 2 is 2.07 bits per heavy atom. The highest BCUT2D eigenvalue weighted by Crippen LogP contribution is 2.42. The largest absolute Gasteiger partial charge is 0.376 e. The average Bonchev–Trinajstić information content (AvgIpc) is 2.99. The third-order valence-corrected chi connectivity index (χ3v) is 7.12. The highest BCUT2D eigenvalue weighted by Gasteiger charge is 2.47. The molecule has 0 saturated carbocycles. The minimum absolute atomic E-state index is 0.00812. The lowest BCUT2D eigenvalue weighted by Gasteiger charge is -2.42. The SMILES string of the molecule is [2H]C([2H])([2H])c1c(N2CCC3(CC2)CO[C@@H](C)[C@H]3N)nc(C)n(-c2cccc(Cl)c2Cl)c1=O. The summed E-state index contributed by atoms with van der Waals surface area (Å²) in [6.45, 7) is 2.65. The zero-order valence-corrected chi connectivity index (χ0v) is 17.9. The third-order valence-electron chi connectivity index (χ3n) is 6.31. The zero-order chi connectivity index (χ0) is 23.4. The number of halogens is 2. The quantitative estimate of drug-likeness (QED) is 0.774. The van der Waals surface area contributed by atoms with Crippen LogP contribution in [0.15, 0.2) is 23.0 Å². The molecule has 2 saturated heterocycles. The maximum atomic E-state index is 13.5. The first-order valence-electron chi connectivity index (χ1n) is 11.2. The molecule has 8 heteroatoms. The summed E-state index contributed by atoms with van der Waals surface area (Å²) in [5.41, 5.74) is 5.57. The molecular weight excluding hydrogens is 411 g/mol. The van der Waals surface area contributed by atoms with Gasteiger partial charge in [0.15, 0.2) is 0 Å². The number of nitrogens with zero attached hydrogens (tertiary/aromatic N) is 3. The molecule has 2 N–H and O–H groups in total. The Bertz CT molecular complexity index is 1100. The Morgan fingerprint density at radius 3 is 2.69 bits per heavy atom. The van der Waals surface area contributed by atoms with Gasteiger partial charge in [0.1, 0.15) is 11.6 Å². The van der Waals surface area contributed by atoms with Crippen molar-refractivity contribution in [3.8, 4) is 5.69 Å². The van der Waals surface area contributed by atoms with Crippen molar-refractivity contribution in [3.63, 3.8) is 0 Å². The van der Waals surface area contributed by atoms with Gasteiger partial charge in [0.25, 0.3) is 5.56 Å². The lowest BCUT2D eigenvalue weighted by atomic mass is 9.73. The number of piperidine rings is 1. The van der Waals surface area contributed by atoms with Crippen LogP contribution in [0.25, 0.3) is 5.69 Å². The Kier molecular flexibility index (Phi) is 4.47. The van der Waals surface area contributed by atoms with Gasteiger partial charge in [0.2, 0.25) is 0 Å². The number of aromatic nitrogens is 2. The first kappa shape index (κ1) is 17.1. The fraction of sp³-hybridized carbons (Fsp3) is 0.524. The molecule has 0 radical (unpaired) electrons. The van der Waals surface area contributed by atoms with E-state index in [2.05, 4.69) is 4.98 Å². The van der Waals surface area contributed by atoms with E-state index < -0.39 is 12.4 Å². The zero-order valence-electron chi connectivity index (χ0n) is 19.4. The van der Waals surface area contributed by atoms with E-state index in [-0.39, 0.29) is 39.0 Å². The molecule has 6 nitrogen and oxygen atoms in total. The van der Waals surface area contributed by atoms with E-state index in [1.165, 1.54) is 4.57 Å². The number of hydrogen-bond acceptors (Lipinski definition) is 5. The van der Waals surface area contributed by atoms with Gasteiger partial charge >= 0.3 is 0 Å². The number of ether oxygens (including phenoxy) is 1. The molecule has 0 aliphatic carbocycles. The number of nitrogens with two attached hydrogens (primary N) is 1. The summed E-state index contributed by atoms with van der Waals surface area (Å²) in [6, 6.07) is 4.79. The summed E-state index contributed by atoms with van der Waals surface area (Å²) in [6.07, 6.45) is 1.47. The van der Waals surface area contributed by atoms with Gasteiger partial charge < -0.3 is 15.4 Å². The minimum atomic E-state index is -2.66. The summed E-state index contributed by atoms with van der Waals surface area (Å²) in [5, 5.41) is 0.426. The molecular formula is C21H26Cl2N4O2. The molecule has 0 unspecified atom stereocenters. The second kappa shape index (κ2) is 7.58. The predicted molar refractivity (Wildman–Crippen MR) is 117 cm³/mol. The Morgan fingerprint density at radius 1 is 1.34 bits per heavy atom. The second-order valence-corrected chi connectivity index (χ2v) is 8.75. The number of hydrogen-bond donors (Lipinski definition) is 1. The van der Waals surface area contributed by atoms with Gasteiger partial charge in [-0.15, -0.1) is 0 Å². The molecule has 4 rings (SSSR count). The number of aryl methyl sites for hydroxylation is 1. The van der Waals surface area contributed by atoms with Crippen molar-refractivity contribution >= 4 is 29.0 Å². The number of benzene rings is 1. The molecule has 29 heavy (non-hydrogen) atoms. The smallest absolute Gasteiger partial charge is 0.263 e. The summed E-state index contributed by atoms with van der Waals surface area (Å²) >= 11 is 12.5. The molecule has 2 aromatic rings. The topological polar surface area (TPSA) is 73.4 Å². The van der Waals surface area contributed by atoms with E-state index in [1.54, 1.807) is 25.1 Å². The van der Waals surface area contributed by atoms with E-state index in [1.807, 2.05) is 11.8 Å². The molecule has 0 amide bonds. The highest BCUT2D eigenvalue weighted by molar-refractivity contribution is 6.43. The maximum absolute atomic E-state index is 13.5. The lowest BCUT2D eigenvalue weighted by molar-refractivity contribution is 0.0974. The average molecular weight is 440 g/mol. The Balaban J connectivity index is 1.78. The van der Waals surface area contributed by atoms with Crippen molar-refractivity contribution in [2.24, 2.45) is 11.1 Å². The van der Waals surface area contributed by atoms with Crippen LogP contribution in [0, 0.1) is 19.2 Å². The van der Waals surface area contributed by atoms with Gasteiger partial charge in [-0.2, -0.15) is 0 Å². The van der Waals surface area contributed by atoms with Crippen LogP contribution in [-0.2, 0) is 4.74 Å². The number of anilines is 1. The highest BCUT2D eigenvalue weighted by atomic mass is 35.5. The van der Waals surface area contributed by atoms with Gasteiger partial charge in [0, 0.05) is 28.7 Å². The fourth-order valence-corrected chi connectivity index (χ4v) is 4.81.